The van der Waals surface area contributed by atoms with E-state index < -0.39 is 5.56 Å². The Bertz CT molecular complexity index is 987. The average Bonchev–Trinajstić information content (AvgIpc) is 2.71. The summed E-state index contributed by atoms with van der Waals surface area (Å²) in [6.45, 7) is 2.06. The molecule has 0 bridgehead atoms. The maximum absolute atomic E-state index is 12.6. The lowest BCUT2D eigenvalue weighted by molar-refractivity contribution is 0.569. The highest BCUT2D eigenvalue weighted by molar-refractivity contribution is 6.30. The van der Waals surface area contributed by atoms with Crippen molar-refractivity contribution in [1.29, 1.82) is 0 Å². The van der Waals surface area contributed by atoms with Crippen molar-refractivity contribution in [2.24, 2.45) is 0 Å². The predicted molar refractivity (Wildman–Crippen MR) is 108 cm³/mol. The molecular formula is C21H18ClN3O2. The summed E-state index contributed by atoms with van der Waals surface area (Å²) in [4.78, 5) is 27.4. The zero-order chi connectivity index (χ0) is 19.2. The summed E-state index contributed by atoms with van der Waals surface area (Å²) in [6, 6.07) is 20.0. The van der Waals surface area contributed by atoms with Gasteiger partial charge in [0.25, 0.3) is 5.56 Å². The van der Waals surface area contributed by atoms with E-state index in [4.69, 9.17) is 11.6 Å². The lowest BCUT2D eigenvalue weighted by atomic mass is 9.91. The van der Waals surface area contributed by atoms with Gasteiger partial charge in [0, 0.05) is 12.5 Å². The number of hydrogen-bond acceptors (Lipinski definition) is 4. The first-order valence-electron chi connectivity index (χ1n) is 8.45. The molecule has 0 unspecified atom stereocenters. The molecule has 0 aliphatic carbocycles. The van der Waals surface area contributed by atoms with Gasteiger partial charge in [-0.15, -0.1) is 0 Å². The third-order valence-electron chi connectivity index (χ3n) is 4.35. The number of aromatic nitrogens is 2. The second-order valence-corrected chi connectivity index (χ2v) is 6.37. The van der Waals surface area contributed by atoms with Gasteiger partial charge in [0.15, 0.2) is 11.0 Å². The summed E-state index contributed by atoms with van der Waals surface area (Å²) < 4.78 is 1.14. The topological polar surface area (TPSA) is 64.0 Å². The normalized spacial score (nSPS) is 10.5. The van der Waals surface area contributed by atoms with Gasteiger partial charge in [0.2, 0.25) is 0 Å². The van der Waals surface area contributed by atoms with Crippen molar-refractivity contribution in [3.05, 3.63) is 93.0 Å². The van der Waals surface area contributed by atoms with E-state index in [-0.39, 0.29) is 16.9 Å². The first-order chi connectivity index (χ1) is 13.1. The van der Waals surface area contributed by atoms with E-state index in [1.807, 2.05) is 60.7 Å². The maximum Gasteiger partial charge on any atom is 0.298 e. The molecule has 136 valence electrons. The highest BCUT2D eigenvalue weighted by Gasteiger charge is 2.16. The molecule has 1 N–H and O–H groups in total. The number of hydrogen-bond donors (Lipinski definition) is 1. The van der Waals surface area contributed by atoms with E-state index >= 15 is 0 Å². The van der Waals surface area contributed by atoms with Crippen molar-refractivity contribution in [2.45, 2.75) is 12.8 Å². The fourth-order valence-corrected chi connectivity index (χ4v) is 3.09. The summed E-state index contributed by atoms with van der Waals surface area (Å²) in [7, 11) is 0. The minimum atomic E-state index is -0.444. The molecule has 0 radical (unpaired) electrons. The molecule has 0 spiro atoms. The summed E-state index contributed by atoms with van der Waals surface area (Å²) in [5.74, 6) is 1.72. The molecule has 6 heteroatoms. The van der Waals surface area contributed by atoms with Crippen LogP contribution in [0.2, 0.25) is 5.15 Å². The Morgan fingerprint density at radius 3 is 2.19 bits per heavy atom. The van der Waals surface area contributed by atoms with Crippen molar-refractivity contribution in [3.8, 4) is 0 Å². The lowest BCUT2D eigenvalue weighted by Crippen LogP contribution is -2.26. The van der Waals surface area contributed by atoms with E-state index in [0.717, 1.165) is 21.9 Å². The average molecular weight is 380 g/mol. The Balaban J connectivity index is 1.95. The first kappa shape index (κ1) is 18.6. The highest BCUT2D eigenvalue weighted by atomic mass is 35.5. The van der Waals surface area contributed by atoms with Crippen molar-refractivity contribution in [1.82, 2.24) is 9.55 Å². The molecule has 0 amide bonds. The molecule has 0 atom stereocenters. The Hall–Kier alpha value is -3.14. The van der Waals surface area contributed by atoms with Crippen LogP contribution in [-0.4, -0.2) is 22.0 Å². The molecule has 1 heterocycles. The Kier molecular flexibility index (Phi) is 5.87. The van der Waals surface area contributed by atoms with E-state index in [1.54, 1.807) is 12.9 Å². The fraction of sp³-hybridized carbons (Fsp3) is 0.143. The van der Waals surface area contributed by atoms with Crippen LogP contribution in [-0.2, 0) is 4.79 Å². The second-order valence-electron chi connectivity index (χ2n) is 6.01. The van der Waals surface area contributed by atoms with Gasteiger partial charge < -0.3 is 5.32 Å². The first-order valence-corrected chi connectivity index (χ1v) is 8.83. The molecule has 1 aromatic heterocycles. The van der Waals surface area contributed by atoms with Gasteiger partial charge in [0.1, 0.15) is 5.94 Å². The zero-order valence-electron chi connectivity index (χ0n) is 14.7. The largest absolute Gasteiger partial charge is 0.364 e. The molecule has 0 aliphatic heterocycles. The predicted octanol–water partition coefficient (Wildman–Crippen LogP) is 3.75. The van der Waals surface area contributed by atoms with Crippen LogP contribution < -0.4 is 10.9 Å². The van der Waals surface area contributed by atoms with Crippen LogP contribution in [0.4, 0.5) is 5.82 Å². The zero-order valence-corrected chi connectivity index (χ0v) is 15.5. The maximum atomic E-state index is 12.6. The molecule has 3 aromatic rings. The van der Waals surface area contributed by atoms with Gasteiger partial charge in [0.05, 0.1) is 11.9 Å². The minimum Gasteiger partial charge on any atom is -0.364 e. The Morgan fingerprint density at radius 2 is 1.67 bits per heavy atom. The van der Waals surface area contributed by atoms with Crippen LogP contribution in [0.5, 0.6) is 0 Å². The van der Waals surface area contributed by atoms with Crippen molar-refractivity contribution >= 4 is 29.6 Å². The van der Waals surface area contributed by atoms with Crippen molar-refractivity contribution < 1.29 is 4.79 Å². The van der Waals surface area contributed by atoms with Crippen LogP contribution in [0, 0.1) is 6.92 Å². The SMILES string of the molecule is Cc1c(Cl)nc(NCC(c2ccccc2)c2ccccc2)c(=O)n1C=C=O. The van der Waals surface area contributed by atoms with Crippen LogP contribution in [0.15, 0.2) is 65.5 Å². The molecule has 27 heavy (non-hydrogen) atoms. The Morgan fingerprint density at radius 1 is 1.11 bits per heavy atom. The number of anilines is 1. The van der Waals surface area contributed by atoms with Crippen LogP contribution in [0.1, 0.15) is 22.7 Å². The van der Waals surface area contributed by atoms with Gasteiger partial charge in [-0.2, -0.15) is 0 Å². The molecule has 0 saturated heterocycles. The van der Waals surface area contributed by atoms with Gasteiger partial charge in [-0.25, -0.2) is 9.78 Å². The Labute approximate surface area is 162 Å². The van der Waals surface area contributed by atoms with Crippen molar-refractivity contribution in [3.63, 3.8) is 0 Å². The van der Waals surface area contributed by atoms with E-state index in [0.29, 0.717) is 12.2 Å². The van der Waals surface area contributed by atoms with Gasteiger partial charge in [-0.3, -0.25) is 9.36 Å². The molecule has 0 aliphatic rings. The van der Waals surface area contributed by atoms with Crippen LogP contribution in [0.25, 0.3) is 6.20 Å². The lowest BCUT2D eigenvalue weighted by Gasteiger charge is -2.19. The number of benzene rings is 2. The van der Waals surface area contributed by atoms with Gasteiger partial charge in [-0.05, 0) is 18.1 Å². The van der Waals surface area contributed by atoms with Gasteiger partial charge in [-0.1, -0.05) is 72.3 Å². The summed E-state index contributed by atoms with van der Waals surface area (Å²) >= 11 is 6.12. The molecule has 3 rings (SSSR count). The van der Waals surface area contributed by atoms with Crippen LogP contribution in [0.3, 0.4) is 0 Å². The van der Waals surface area contributed by atoms with E-state index in [9.17, 15) is 9.59 Å². The molecular weight excluding hydrogens is 362 g/mol. The summed E-state index contributed by atoms with van der Waals surface area (Å²) in [5, 5.41) is 3.25. The van der Waals surface area contributed by atoms with E-state index in [1.165, 1.54) is 0 Å². The molecule has 0 saturated carbocycles. The van der Waals surface area contributed by atoms with E-state index in [2.05, 4.69) is 10.3 Å². The monoisotopic (exact) mass is 379 g/mol. The molecule has 2 aromatic carbocycles. The second kappa shape index (κ2) is 8.49. The third-order valence-corrected chi connectivity index (χ3v) is 4.71. The summed E-state index contributed by atoms with van der Waals surface area (Å²) in [5.41, 5.74) is 2.17. The number of halogens is 1. The smallest absolute Gasteiger partial charge is 0.298 e. The van der Waals surface area contributed by atoms with Crippen molar-refractivity contribution in [2.75, 3.05) is 11.9 Å². The number of carbonyl (C=O) groups excluding carboxylic acids is 1. The molecule has 5 nitrogen and oxygen atoms in total. The minimum absolute atomic E-state index is 0.0174. The highest BCUT2D eigenvalue weighted by Crippen LogP contribution is 2.24. The molecule has 0 fully saturated rings. The van der Waals surface area contributed by atoms with Crippen LogP contribution >= 0.6 is 11.6 Å². The number of nitrogens with one attached hydrogen (secondary N) is 1. The quantitative estimate of drug-likeness (QED) is 0.662. The standard InChI is InChI=1S/C21H18ClN3O2/c1-15-19(22)24-20(21(27)25(15)12-13-26)23-14-18(16-8-4-2-5-9-16)17-10-6-3-7-11-17/h2-12,18H,14H2,1H3,(H,23,24). The fourth-order valence-electron chi connectivity index (χ4n) is 2.91. The third kappa shape index (κ3) is 4.17. The number of rotatable bonds is 6. The van der Waals surface area contributed by atoms with Gasteiger partial charge >= 0.3 is 0 Å². The number of nitrogens with zero attached hydrogens (tertiary/aromatic N) is 2. The summed E-state index contributed by atoms with van der Waals surface area (Å²) in [6.07, 6.45) is 1.02.